The average molecular weight is 138 g/mol. The standard InChI is InChI=1S/C6H10N4/c7-3-4-1-2-10-6(9)5(4)8/h1-2H,3,7-8H2,(H2,9,10). The minimum absolute atomic E-state index is 0.350. The summed E-state index contributed by atoms with van der Waals surface area (Å²) < 4.78 is 0. The molecule has 0 radical (unpaired) electrons. The topological polar surface area (TPSA) is 90.9 Å². The van der Waals surface area contributed by atoms with Crippen molar-refractivity contribution in [3.8, 4) is 0 Å². The van der Waals surface area contributed by atoms with E-state index in [2.05, 4.69) is 4.98 Å². The maximum absolute atomic E-state index is 5.53. The van der Waals surface area contributed by atoms with Crippen LogP contribution in [0.5, 0.6) is 0 Å². The largest absolute Gasteiger partial charge is 0.395 e. The van der Waals surface area contributed by atoms with Crippen LogP contribution in [0.15, 0.2) is 12.3 Å². The van der Waals surface area contributed by atoms with Gasteiger partial charge in [0.25, 0.3) is 0 Å². The number of nitrogens with zero attached hydrogens (tertiary/aromatic N) is 1. The molecule has 54 valence electrons. The highest BCUT2D eigenvalue weighted by Gasteiger charge is 1.99. The van der Waals surface area contributed by atoms with Crippen LogP contribution < -0.4 is 17.2 Å². The highest BCUT2D eigenvalue weighted by atomic mass is 14.9. The second-order valence-electron chi connectivity index (χ2n) is 1.97. The minimum atomic E-state index is 0.350. The number of nitrogens with two attached hydrogens (primary N) is 3. The van der Waals surface area contributed by atoms with Gasteiger partial charge in [-0.2, -0.15) is 0 Å². The second-order valence-corrected chi connectivity index (χ2v) is 1.97. The summed E-state index contributed by atoms with van der Waals surface area (Å²) in [5, 5.41) is 0. The van der Waals surface area contributed by atoms with Crippen LogP contribution in [0.2, 0.25) is 0 Å². The fourth-order valence-corrected chi connectivity index (χ4v) is 0.709. The quantitative estimate of drug-likeness (QED) is 0.497. The molecule has 0 aromatic carbocycles. The van der Waals surface area contributed by atoms with Gasteiger partial charge in [-0.3, -0.25) is 0 Å². The van der Waals surface area contributed by atoms with Crippen LogP contribution in [0, 0.1) is 0 Å². The summed E-state index contributed by atoms with van der Waals surface area (Å²) in [6.07, 6.45) is 1.59. The Balaban J connectivity index is 3.14. The van der Waals surface area contributed by atoms with Gasteiger partial charge in [0.1, 0.15) is 5.82 Å². The van der Waals surface area contributed by atoms with Crippen LogP contribution in [-0.4, -0.2) is 4.98 Å². The van der Waals surface area contributed by atoms with E-state index in [0.717, 1.165) is 5.56 Å². The van der Waals surface area contributed by atoms with Gasteiger partial charge in [0.05, 0.1) is 5.69 Å². The maximum atomic E-state index is 5.53. The smallest absolute Gasteiger partial charge is 0.146 e. The Morgan fingerprint density at radius 1 is 1.40 bits per heavy atom. The lowest BCUT2D eigenvalue weighted by Crippen LogP contribution is -2.05. The number of hydrogen-bond donors (Lipinski definition) is 3. The van der Waals surface area contributed by atoms with Gasteiger partial charge in [0.2, 0.25) is 0 Å². The van der Waals surface area contributed by atoms with Crippen LogP contribution >= 0.6 is 0 Å². The Labute approximate surface area is 59.0 Å². The van der Waals surface area contributed by atoms with Crippen molar-refractivity contribution in [3.63, 3.8) is 0 Å². The van der Waals surface area contributed by atoms with Crippen molar-refractivity contribution in [1.82, 2.24) is 4.98 Å². The van der Waals surface area contributed by atoms with Gasteiger partial charge in [-0.25, -0.2) is 4.98 Å². The van der Waals surface area contributed by atoms with Crippen molar-refractivity contribution in [2.45, 2.75) is 6.54 Å². The molecular formula is C6H10N4. The molecular weight excluding hydrogens is 128 g/mol. The van der Waals surface area contributed by atoms with Crippen LogP contribution in [0.4, 0.5) is 11.5 Å². The van der Waals surface area contributed by atoms with Gasteiger partial charge >= 0.3 is 0 Å². The Hall–Kier alpha value is -1.29. The van der Waals surface area contributed by atoms with Gasteiger partial charge in [0.15, 0.2) is 0 Å². The second kappa shape index (κ2) is 2.53. The Bertz CT molecular complexity index is 233. The minimum Gasteiger partial charge on any atom is -0.395 e. The van der Waals surface area contributed by atoms with Gasteiger partial charge in [-0.1, -0.05) is 0 Å². The molecule has 1 heterocycles. The predicted octanol–water partition coefficient (Wildman–Crippen LogP) is -0.295. The number of pyridine rings is 1. The number of hydrogen-bond acceptors (Lipinski definition) is 4. The van der Waals surface area contributed by atoms with E-state index < -0.39 is 0 Å². The van der Waals surface area contributed by atoms with Crippen LogP contribution in [0.3, 0.4) is 0 Å². The zero-order valence-electron chi connectivity index (χ0n) is 5.54. The van der Waals surface area contributed by atoms with Crippen molar-refractivity contribution in [3.05, 3.63) is 17.8 Å². The first-order valence-corrected chi connectivity index (χ1v) is 2.94. The van der Waals surface area contributed by atoms with Gasteiger partial charge < -0.3 is 17.2 Å². The monoisotopic (exact) mass is 138 g/mol. The molecule has 4 heteroatoms. The Kier molecular flexibility index (Phi) is 1.73. The highest BCUT2D eigenvalue weighted by Crippen LogP contribution is 2.14. The van der Waals surface area contributed by atoms with Crippen molar-refractivity contribution in [2.24, 2.45) is 5.73 Å². The lowest BCUT2D eigenvalue weighted by atomic mass is 10.2. The van der Waals surface area contributed by atoms with E-state index in [1.54, 1.807) is 12.3 Å². The molecule has 0 bridgehead atoms. The summed E-state index contributed by atoms with van der Waals surface area (Å²) in [7, 11) is 0. The van der Waals surface area contributed by atoms with Gasteiger partial charge in [-0.15, -0.1) is 0 Å². The van der Waals surface area contributed by atoms with Crippen LogP contribution in [0.25, 0.3) is 0 Å². The molecule has 6 N–H and O–H groups in total. The third kappa shape index (κ3) is 1.01. The number of nitrogen functional groups attached to an aromatic ring is 2. The van der Waals surface area contributed by atoms with E-state index in [4.69, 9.17) is 17.2 Å². The molecule has 0 aliphatic carbocycles. The number of aromatic nitrogens is 1. The lowest BCUT2D eigenvalue weighted by molar-refractivity contribution is 1.07. The Morgan fingerprint density at radius 2 is 2.10 bits per heavy atom. The average Bonchev–Trinajstić information content (AvgIpc) is 1.95. The molecule has 0 aliphatic heterocycles. The fraction of sp³-hybridized carbons (Fsp3) is 0.167. The zero-order chi connectivity index (χ0) is 7.56. The first-order valence-electron chi connectivity index (χ1n) is 2.94. The number of rotatable bonds is 1. The fourth-order valence-electron chi connectivity index (χ4n) is 0.709. The van der Waals surface area contributed by atoms with Crippen molar-refractivity contribution < 1.29 is 0 Å². The van der Waals surface area contributed by atoms with E-state index in [1.165, 1.54) is 0 Å². The Morgan fingerprint density at radius 3 is 2.60 bits per heavy atom. The van der Waals surface area contributed by atoms with Gasteiger partial charge in [0, 0.05) is 12.7 Å². The van der Waals surface area contributed by atoms with Crippen molar-refractivity contribution >= 4 is 11.5 Å². The zero-order valence-corrected chi connectivity index (χ0v) is 5.54. The van der Waals surface area contributed by atoms with E-state index >= 15 is 0 Å². The third-order valence-corrected chi connectivity index (χ3v) is 1.33. The van der Waals surface area contributed by atoms with Crippen molar-refractivity contribution in [2.75, 3.05) is 11.5 Å². The van der Waals surface area contributed by atoms with Crippen LogP contribution in [-0.2, 0) is 6.54 Å². The molecule has 1 rings (SSSR count). The predicted molar refractivity (Wildman–Crippen MR) is 41.0 cm³/mol. The summed E-state index contributed by atoms with van der Waals surface area (Å²) in [5.74, 6) is 0.350. The highest BCUT2D eigenvalue weighted by molar-refractivity contribution is 5.62. The lowest BCUT2D eigenvalue weighted by Gasteiger charge is -2.02. The molecule has 0 fully saturated rings. The molecule has 0 aliphatic rings. The molecule has 1 aromatic rings. The molecule has 1 aromatic heterocycles. The normalized spacial score (nSPS) is 9.70. The van der Waals surface area contributed by atoms with Crippen LogP contribution in [0.1, 0.15) is 5.56 Å². The summed E-state index contributed by atoms with van der Waals surface area (Å²) in [5.41, 5.74) is 17.6. The summed E-state index contributed by atoms with van der Waals surface area (Å²) in [4.78, 5) is 3.78. The molecule has 0 unspecified atom stereocenters. The molecule has 10 heavy (non-hydrogen) atoms. The molecule has 0 saturated carbocycles. The molecule has 0 saturated heterocycles. The first kappa shape index (κ1) is 6.82. The molecule has 0 amide bonds. The summed E-state index contributed by atoms with van der Waals surface area (Å²) in [6.45, 7) is 0.401. The molecule has 4 nitrogen and oxygen atoms in total. The summed E-state index contributed by atoms with van der Waals surface area (Å²) in [6, 6.07) is 1.76. The van der Waals surface area contributed by atoms with E-state index in [9.17, 15) is 0 Å². The maximum Gasteiger partial charge on any atom is 0.146 e. The number of anilines is 2. The van der Waals surface area contributed by atoms with Gasteiger partial charge in [-0.05, 0) is 11.6 Å². The van der Waals surface area contributed by atoms with Crippen molar-refractivity contribution in [1.29, 1.82) is 0 Å². The SMILES string of the molecule is NCc1ccnc(N)c1N. The van der Waals surface area contributed by atoms with E-state index in [-0.39, 0.29) is 0 Å². The summed E-state index contributed by atoms with van der Waals surface area (Å²) >= 11 is 0. The van der Waals surface area contributed by atoms with E-state index in [0.29, 0.717) is 18.1 Å². The third-order valence-electron chi connectivity index (χ3n) is 1.33. The molecule has 0 spiro atoms. The first-order chi connectivity index (χ1) is 4.75. The van der Waals surface area contributed by atoms with E-state index in [1.807, 2.05) is 0 Å². The molecule has 0 atom stereocenters.